The second kappa shape index (κ2) is 6.37. The molecule has 1 aromatic carbocycles. The molecule has 1 saturated carbocycles. The van der Waals surface area contributed by atoms with E-state index in [4.69, 9.17) is 0 Å². The predicted molar refractivity (Wildman–Crippen MR) is 79.3 cm³/mol. The summed E-state index contributed by atoms with van der Waals surface area (Å²) in [7, 11) is 0. The van der Waals surface area contributed by atoms with Crippen LogP contribution in [0.15, 0.2) is 18.2 Å². The zero-order valence-electron chi connectivity index (χ0n) is 11.5. The van der Waals surface area contributed by atoms with Gasteiger partial charge in [-0.15, -0.1) is 0 Å². The van der Waals surface area contributed by atoms with Gasteiger partial charge in [-0.1, -0.05) is 28.9 Å². The highest BCUT2D eigenvalue weighted by molar-refractivity contribution is 9.08. The number of nitrogens with zero attached hydrogens (tertiary/aromatic N) is 1. The average molecular weight is 350 g/mol. The third-order valence-corrected chi connectivity index (χ3v) is 4.18. The third-order valence-electron chi connectivity index (χ3n) is 3.53. The van der Waals surface area contributed by atoms with E-state index in [0.717, 1.165) is 25.8 Å². The molecule has 1 nitrogen and oxygen atoms in total. The van der Waals surface area contributed by atoms with E-state index in [2.05, 4.69) is 15.9 Å². The highest BCUT2D eigenvalue weighted by Gasteiger charge is 2.36. The second-order valence-corrected chi connectivity index (χ2v) is 5.93. The zero-order chi connectivity index (χ0) is 14.8. The van der Waals surface area contributed by atoms with Gasteiger partial charge in [-0.2, -0.15) is 13.2 Å². The standard InChI is InChI=1S/C15H19BrF3N/c1-2-7-20(10-11-3-4-11)14-6-5-12(9-16)8-13(14)15(17,18)19/h5-6,8,11H,2-4,7,9-10H2,1H3. The first-order valence-electron chi connectivity index (χ1n) is 6.96. The molecule has 20 heavy (non-hydrogen) atoms. The molecule has 1 fully saturated rings. The van der Waals surface area contributed by atoms with Crippen LogP contribution >= 0.6 is 15.9 Å². The van der Waals surface area contributed by atoms with Crippen molar-refractivity contribution in [2.24, 2.45) is 5.92 Å². The lowest BCUT2D eigenvalue weighted by Crippen LogP contribution is -2.29. The van der Waals surface area contributed by atoms with Crippen LogP contribution in [0.1, 0.15) is 37.3 Å². The van der Waals surface area contributed by atoms with E-state index in [-0.39, 0.29) is 0 Å². The van der Waals surface area contributed by atoms with Gasteiger partial charge in [0.1, 0.15) is 0 Å². The molecule has 0 radical (unpaired) electrons. The number of hydrogen-bond donors (Lipinski definition) is 0. The monoisotopic (exact) mass is 349 g/mol. The molecule has 0 aromatic heterocycles. The fourth-order valence-electron chi connectivity index (χ4n) is 2.36. The van der Waals surface area contributed by atoms with Gasteiger partial charge in [-0.05, 0) is 42.9 Å². The lowest BCUT2D eigenvalue weighted by Gasteiger charge is -2.28. The SMILES string of the molecule is CCCN(CC1CC1)c1ccc(CBr)cc1C(F)(F)F. The Morgan fingerprint density at radius 3 is 2.50 bits per heavy atom. The van der Waals surface area contributed by atoms with Gasteiger partial charge >= 0.3 is 6.18 Å². The molecule has 1 aromatic rings. The number of rotatable bonds is 6. The Balaban J connectivity index is 2.35. The van der Waals surface area contributed by atoms with Crippen LogP contribution in [-0.4, -0.2) is 13.1 Å². The van der Waals surface area contributed by atoms with Gasteiger partial charge in [0, 0.05) is 24.1 Å². The van der Waals surface area contributed by atoms with Crippen LogP contribution in [0.5, 0.6) is 0 Å². The molecule has 0 amide bonds. The summed E-state index contributed by atoms with van der Waals surface area (Å²) in [5.41, 5.74) is 0.475. The molecule has 5 heteroatoms. The molecule has 1 aliphatic rings. The molecule has 0 N–H and O–H groups in total. The third kappa shape index (κ3) is 3.90. The second-order valence-electron chi connectivity index (χ2n) is 5.37. The molecule has 112 valence electrons. The van der Waals surface area contributed by atoms with E-state index in [0.29, 0.717) is 29.0 Å². The summed E-state index contributed by atoms with van der Waals surface area (Å²) in [5, 5.41) is 0.437. The molecule has 2 rings (SSSR count). The Morgan fingerprint density at radius 1 is 1.30 bits per heavy atom. The molecule has 0 bridgehead atoms. The summed E-state index contributed by atoms with van der Waals surface area (Å²) < 4.78 is 39.8. The van der Waals surface area contributed by atoms with Crippen molar-refractivity contribution in [2.45, 2.75) is 37.7 Å². The van der Waals surface area contributed by atoms with Crippen LogP contribution in [-0.2, 0) is 11.5 Å². The van der Waals surface area contributed by atoms with Gasteiger partial charge in [0.2, 0.25) is 0 Å². The highest BCUT2D eigenvalue weighted by Crippen LogP contribution is 2.39. The summed E-state index contributed by atoms with van der Waals surface area (Å²) in [5.74, 6) is 0.568. The Bertz CT molecular complexity index is 455. The van der Waals surface area contributed by atoms with Crippen LogP contribution in [0.3, 0.4) is 0 Å². The van der Waals surface area contributed by atoms with Crippen molar-refractivity contribution in [1.29, 1.82) is 0 Å². The van der Waals surface area contributed by atoms with Crippen LogP contribution in [0, 0.1) is 5.92 Å². The van der Waals surface area contributed by atoms with Gasteiger partial charge < -0.3 is 4.90 Å². The molecule has 0 unspecified atom stereocenters. The number of anilines is 1. The lowest BCUT2D eigenvalue weighted by molar-refractivity contribution is -0.137. The zero-order valence-corrected chi connectivity index (χ0v) is 13.1. The summed E-state index contributed by atoms with van der Waals surface area (Å²) in [6.45, 7) is 3.41. The number of alkyl halides is 4. The van der Waals surface area contributed by atoms with Crippen LogP contribution in [0.4, 0.5) is 18.9 Å². The average Bonchev–Trinajstić information content (AvgIpc) is 3.20. The van der Waals surface area contributed by atoms with E-state index in [9.17, 15) is 13.2 Å². The van der Waals surface area contributed by atoms with Crippen LogP contribution in [0.25, 0.3) is 0 Å². The smallest absolute Gasteiger partial charge is 0.371 e. The number of benzene rings is 1. The topological polar surface area (TPSA) is 3.24 Å². The Morgan fingerprint density at radius 2 is 2.00 bits per heavy atom. The van der Waals surface area contributed by atoms with Crippen molar-refractivity contribution >= 4 is 21.6 Å². The number of hydrogen-bond acceptors (Lipinski definition) is 1. The van der Waals surface area contributed by atoms with E-state index in [1.807, 2.05) is 11.8 Å². The quantitative estimate of drug-likeness (QED) is 0.636. The largest absolute Gasteiger partial charge is 0.418 e. The van der Waals surface area contributed by atoms with Gasteiger partial charge in [0.25, 0.3) is 0 Å². The first-order chi connectivity index (χ1) is 9.45. The molecular formula is C15H19BrF3N. The Labute approximate surface area is 126 Å². The Kier molecular flexibility index (Phi) is 4.99. The minimum atomic E-state index is -4.30. The first-order valence-corrected chi connectivity index (χ1v) is 8.09. The summed E-state index contributed by atoms with van der Waals surface area (Å²) in [4.78, 5) is 1.90. The van der Waals surface area contributed by atoms with Crippen molar-refractivity contribution in [3.63, 3.8) is 0 Å². The predicted octanol–water partition coefficient (Wildman–Crippen LogP) is 5.23. The summed E-state index contributed by atoms with van der Waals surface area (Å²) >= 11 is 3.22. The van der Waals surface area contributed by atoms with E-state index >= 15 is 0 Å². The fraction of sp³-hybridized carbons (Fsp3) is 0.600. The minimum Gasteiger partial charge on any atom is -0.371 e. The van der Waals surface area contributed by atoms with Crippen LogP contribution in [0.2, 0.25) is 0 Å². The molecule has 0 saturated heterocycles. The fourth-order valence-corrected chi connectivity index (χ4v) is 2.71. The molecule has 0 heterocycles. The maximum Gasteiger partial charge on any atom is 0.418 e. The molecule has 1 aliphatic carbocycles. The van der Waals surface area contributed by atoms with Crippen LogP contribution < -0.4 is 4.90 Å². The highest BCUT2D eigenvalue weighted by atomic mass is 79.9. The number of halogens is 4. The maximum atomic E-state index is 13.3. The summed E-state index contributed by atoms with van der Waals surface area (Å²) in [6.07, 6.45) is -1.17. The first kappa shape index (κ1) is 15.7. The Hall–Kier alpha value is -0.710. The molecule has 0 atom stereocenters. The minimum absolute atomic E-state index is 0.330. The van der Waals surface area contributed by atoms with Crippen molar-refractivity contribution < 1.29 is 13.2 Å². The van der Waals surface area contributed by atoms with E-state index < -0.39 is 11.7 Å². The summed E-state index contributed by atoms with van der Waals surface area (Å²) in [6, 6.07) is 4.66. The molecular weight excluding hydrogens is 331 g/mol. The normalized spacial score (nSPS) is 15.4. The van der Waals surface area contributed by atoms with Crippen molar-refractivity contribution in [1.82, 2.24) is 0 Å². The van der Waals surface area contributed by atoms with Gasteiger partial charge in [0.15, 0.2) is 0 Å². The van der Waals surface area contributed by atoms with E-state index in [1.54, 1.807) is 12.1 Å². The van der Waals surface area contributed by atoms with E-state index in [1.165, 1.54) is 6.07 Å². The van der Waals surface area contributed by atoms with Gasteiger partial charge in [-0.3, -0.25) is 0 Å². The maximum absolute atomic E-state index is 13.3. The lowest BCUT2D eigenvalue weighted by atomic mass is 10.1. The molecule has 0 aliphatic heterocycles. The van der Waals surface area contributed by atoms with Crippen molar-refractivity contribution in [2.75, 3.05) is 18.0 Å². The van der Waals surface area contributed by atoms with Crippen molar-refractivity contribution in [3.8, 4) is 0 Å². The van der Waals surface area contributed by atoms with Gasteiger partial charge in [0.05, 0.1) is 5.56 Å². The van der Waals surface area contributed by atoms with Crippen molar-refractivity contribution in [3.05, 3.63) is 29.3 Å². The van der Waals surface area contributed by atoms with Gasteiger partial charge in [-0.25, -0.2) is 0 Å². The molecule has 0 spiro atoms.